The van der Waals surface area contributed by atoms with Crippen LogP contribution in [0, 0.1) is 5.82 Å². The van der Waals surface area contributed by atoms with Gasteiger partial charge in [0.2, 0.25) is 0 Å². The third kappa shape index (κ3) is 4.06. The molecule has 0 aliphatic carbocycles. The number of aromatic nitrogens is 3. The summed E-state index contributed by atoms with van der Waals surface area (Å²) in [6.07, 6.45) is 0.471. The monoisotopic (exact) mass is 458 g/mol. The summed E-state index contributed by atoms with van der Waals surface area (Å²) in [5.41, 5.74) is 0.411. The molecule has 3 aromatic rings. The lowest BCUT2D eigenvalue weighted by Gasteiger charge is -2.45. The summed E-state index contributed by atoms with van der Waals surface area (Å²) in [5.74, 6) is -0.245. The molecule has 0 saturated carbocycles. The highest BCUT2D eigenvalue weighted by Crippen LogP contribution is 2.40. The molecule has 5 rings (SSSR count). The van der Waals surface area contributed by atoms with E-state index in [1.807, 2.05) is 0 Å². The van der Waals surface area contributed by atoms with Crippen molar-refractivity contribution in [3.05, 3.63) is 60.4 Å². The first kappa shape index (κ1) is 21.1. The second kappa shape index (κ2) is 7.98. The van der Waals surface area contributed by atoms with E-state index in [1.54, 1.807) is 12.1 Å². The van der Waals surface area contributed by atoms with Crippen molar-refractivity contribution in [2.24, 2.45) is 0 Å². The lowest BCUT2D eigenvalue weighted by Crippen LogP contribution is -2.56. The molecule has 2 aliphatic rings. The van der Waals surface area contributed by atoms with Crippen molar-refractivity contribution in [3.63, 3.8) is 0 Å². The molecule has 2 bridgehead atoms. The predicted octanol–water partition coefficient (Wildman–Crippen LogP) is 4.72. The van der Waals surface area contributed by atoms with Crippen LogP contribution in [-0.2, 0) is 6.18 Å². The summed E-state index contributed by atoms with van der Waals surface area (Å²) in [6.45, 7) is 1.40. The van der Waals surface area contributed by atoms with E-state index in [4.69, 9.17) is 0 Å². The minimum absolute atomic E-state index is 0.182. The highest BCUT2D eigenvalue weighted by Gasteiger charge is 2.38. The molecule has 0 radical (unpaired) electrons. The summed E-state index contributed by atoms with van der Waals surface area (Å²) >= 11 is 0. The molecule has 1 atom stereocenters. The van der Waals surface area contributed by atoms with Gasteiger partial charge in [-0.2, -0.15) is 13.2 Å². The van der Waals surface area contributed by atoms with E-state index in [1.165, 1.54) is 17.2 Å². The van der Waals surface area contributed by atoms with E-state index in [0.29, 0.717) is 18.1 Å². The normalized spacial score (nSPS) is 17.5. The molecule has 11 heteroatoms. The topological polar surface area (TPSA) is 74.2 Å². The molecule has 2 amide bonds. The van der Waals surface area contributed by atoms with E-state index in [0.717, 1.165) is 43.9 Å². The number of urea groups is 1. The van der Waals surface area contributed by atoms with Crippen LogP contribution in [0.3, 0.4) is 0 Å². The number of nitrogens with one attached hydrogen (secondary N) is 1. The zero-order valence-electron chi connectivity index (χ0n) is 17.2. The fourth-order valence-electron chi connectivity index (χ4n) is 4.25. The number of carbonyl (C=O) groups is 1. The number of alkyl halides is 3. The number of piperidine rings is 1. The van der Waals surface area contributed by atoms with Gasteiger partial charge in [0, 0.05) is 30.9 Å². The lowest BCUT2D eigenvalue weighted by atomic mass is 9.99. The maximum atomic E-state index is 13.5. The molecule has 7 nitrogen and oxygen atoms in total. The van der Waals surface area contributed by atoms with E-state index in [-0.39, 0.29) is 23.0 Å². The van der Waals surface area contributed by atoms with Crippen molar-refractivity contribution in [2.45, 2.75) is 25.1 Å². The van der Waals surface area contributed by atoms with Crippen molar-refractivity contribution in [2.75, 3.05) is 28.2 Å². The van der Waals surface area contributed by atoms with E-state index >= 15 is 0 Å². The number of halogens is 4. The van der Waals surface area contributed by atoms with Crippen LogP contribution in [-0.4, -0.2) is 40.1 Å². The summed E-state index contributed by atoms with van der Waals surface area (Å²) in [5, 5.41) is 2.65. The second-order valence-electron chi connectivity index (χ2n) is 7.90. The Bertz CT molecular complexity index is 1220. The highest BCUT2D eigenvalue weighted by molar-refractivity contribution is 6.04. The Balaban J connectivity index is 1.55. The van der Waals surface area contributed by atoms with Gasteiger partial charge in [-0.05, 0) is 37.1 Å². The Labute approximate surface area is 186 Å². The van der Waals surface area contributed by atoms with E-state index in [9.17, 15) is 22.4 Å². The molecule has 5 heterocycles. The average Bonchev–Trinajstić information content (AvgIpc) is 2.78. The van der Waals surface area contributed by atoms with E-state index in [2.05, 4.69) is 25.2 Å². The summed E-state index contributed by atoms with van der Waals surface area (Å²) in [4.78, 5) is 28.6. The predicted molar refractivity (Wildman–Crippen MR) is 113 cm³/mol. The minimum atomic E-state index is -4.59. The number of anilines is 3. The Morgan fingerprint density at radius 2 is 2.00 bits per heavy atom. The smallest absolute Gasteiger partial charge is 0.366 e. The summed E-state index contributed by atoms with van der Waals surface area (Å²) in [7, 11) is 0. The number of carbonyl (C=O) groups excluding carboxylic acids is 1. The quantitative estimate of drug-likeness (QED) is 0.563. The van der Waals surface area contributed by atoms with Gasteiger partial charge in [-0.3, -0.25) is 14.9 Å². The SMILES string of the molecule is O=C(Nc1cncc(F)c1)N1c2nc(-c3ccnc(C(F)(F)F)c3)ccc2N2CCCC1C2. The van der Waals surface area contributed by atoms with Crippen molar-refractivity contribution in [1.82, 2.24) is 15.0 Å². The lowest BCUT2D eigenvalue weighted by molar-refractivity contribution is -0.141. The van der Waals surface area contributed by atoms with Gasteiger partial charge in [0.05, 0.1) is 35.5 Å². The van der Waals surface area contributed by atoms with Crippen LogP contribution in [0.1, 0.15) is 18.5 Å². The summed E-state index contributed by atoms with van der Waals surface area (Å²) in [6, 6.07) is 6.23. The molecular formula is C22H18F4N6O. The molecule has 0 aromatic carbocycles. The number of hydrogen-bond donors (Lipinski definition) is 1. The number of rotatable bonds is 2. The number of fused-ring (bicyclic) bond motifs is 4. The van der Waals surface area contributed by atoms with Crippen LogP contribution < -0.4 is 15.1 Å². The number of nitrogens with zero attached hydrogens (tertiary/aromatic N) is 5. The standard InChI is InChI=1S/C22H18F4N6O/c23-14-9-15(11-27-10-14)29-21(33)32-16-2-1-7-31(12-16)18-4-3-17(30-20(18)32)13-5-6-28-19(8-13)22(24,25)26/h3-6,8-11,16H,1-2,7,12H2,(H,29,33). The van der Waals surface area contributed by atoms with Crippen LogP contribution >= 0.6 is 0 Å². The third-order valence-electron chi connectivity index (χ3n) is 5.71. The molecule has 2 aliphatic heterocycles. The van der Waals surface area contributed by atoms with Crippen molar-refractivity contribution < 1.29 is 22.4 Å². The van der Waals surface area contributed by atoms with Gasteiger partial charge in [-0.15, -0.1) is 0 Å². The fourth-order valence-corrected chi connectivity index (χ4v) is 4.25. The van der Waals surface area contributed by atoms with E-state index < -0.39 is 23.7 Å². The first-order chi connectivity index (χ1) is 15.8. The molecular weight excluding hydrogens is 440 g/mol. The number of hydrogen-bond acceptors (Lipinski definition) is 5. The van der Waals surface area contributed by atoms with Crippen molar-refractivity contribution in [3.8, 4) is 11.3 Å². The molecule has 170 valence electrons. The van der Waals surface area contributed by atoms with Crippen LogP contribution in [0.25, 0.3) is 11.3 Å². The van der Waals surface area contributed by atoms with Gasteiger partial charge in [-0.25, -0.2) is 14.2 Å². The number of pyridine rings is 3. The molecule has 3 aromatic heterocycles. The molecule has 1 fully saturated rings. The van der Waals surface area contributed by atoms with Crippen LogP contribution in [0.15, 0.2) is 48.9 Å². The third-order valence-corrected chi connectivity index (χ3v) is 5.71. The zero-order chi connectivity index (χ0) is 23.2. The first-order valence-corrected chi connectivity index (χ1v) is 10.3. The molecule has 1 N–H and O–H groups in total. The van der Waals surface area contributed by atoms with Crippen LogP contribution in [0.4, 0.5) is 39.5 Å². The fraction of sp³-hybridized carbons (Fsp3) is 0.273. The molecule has 33 heavy (non-hydrogen) atoms. The van der Waals surface area contributed by atoms with Gasteiger partial charge in [0.15, 0.2) is 5.82 Å². The molecule has 1 unspecified atom stereocenters. The maximum absolute atomic E-state index is 13.5. The Hall–Kier alpha value is -3.76. The van der Waals surface area contributed by atoms with Crippen LogP contribution in [0.2, 0.25) is 0 Å². The average molecular weight is 458 g/mol. The largest absolute Gasteiger partial charge is 0.433 e. The molecule has 0 spiro atoms. The van der Waals surface area contributed by atoms with Crippen molar-refractivity contribution >= 4 is 23.2 Å². The molecule has 1 saturated heterocycles. The Kier molecular flexibility index (Phi) is 5.10. The Morgan fingerprint density at radius 1 is 1.15 bits per heavy atom. The van der Waals surface area contributed by atoms with Gasteiger partial charge < -0.3 is 10.2 Å². The highest BCUT2D eigenvalue weighted by atomic mass is 19.4. The first-order valence-electron chi connectivity index (χ1n) is 10.3. The second-order valence-corrected chi connectivity index (χ2v) is 7.90. The zero-order valence-corrected chi connectivity index (χ0v) is 17.2. The van der Waals surface area contributed by atoms with Gasteiger partial charge in [0.25, 0.3) is 0 Å². The van der Waals surface area contributed by atoms with Gasteiger partial charge >= 0.3 is 12.2 Å². The minimum Gasteiger partial charge on any atom is -0.366 e. The van der Waals surface area contributed by atoms with Crippen LogP contribution in [0.5, 0.6) is 0 Å². The summed E-state index contributed by atoms with van der Waals surface area (Å²) < 4.78 is 52.9. The van der Waals surface area contributed by atoms with Crippen molar-refractivity contribution in [1.29, 1.82) is 0 Å². The maximum Gasteiger partial charge on any atom is 0.433 e. The van der Waals surface area contributed by atoms with Gasteiger partial charge in [0.1, 0.15) is 11.5 Å². The van der Waals surface area contributed by atoms with Gasteiger partial charge in [-0.1, -0.05) is 0 Å². The number of amides is 2. The Morgan fingerprint density at radius 3 is 2.79 bits per heavy atom.